The van der Waals surface area contributed by atoms with Crippen molar-refractivity contribution in [1.82, 2.24) is 15.0 Å². The van der Waals surface area contributed by atoms with Gasteiger partial charge in [0.2, 0.25) is 0 Å². The van der Waals surface area contributed by atoms with Crippen molar-refractivity contribution in [3.63, 3.8) is 0 Å². The van der Waals surface area contributed by atoms with Crippen molar-refractivity contribution < 1.29 is 4.42 Å². The van der Waals surface area contributed by atoms with E-state index in [-0.39, 0.29) is 0 Å². The fourth-order valence-electron chi connectivity index (χ4n) is 10.4. The second kappa shape index (κ2) is 13.4. The molecule has 2 aliphatic carbocycles. The first-order valence-corrected chi connectivity index (χ1v) is 21.1. The molecule has 0 aliphatic heterocycles. The highest BCUT2D eigenvalue weighted by Crippen LogP contribution is 2.64. The van der Waals surface area contributed by atoms with Crippen LogP contribution in [-0.4, -0.2) is 15.0 Å². The third-order valence-corrected chi connectivity index (χ3v) is 13.0. The number of para-hydroxylation sites is 1. The standard InChI is InChI=1S/C58H35N3O/c1-2-16-37(17-3-1)55-59-56(61-57(60-55)46-22-5-4-18-40(46)44-25-15-31-52-53(44)47-23-9-13-30-51(47)62-52)38-34-32-36(33-35-38)39-24-14-26-45-43-21-8-12-29-50(43)58(54(39)45)48-27-10-6-19-41(48)42-20-7-11-28-49(42)58/h1-35H. The Bertz CT molecular complexity index is 3520. The van der Waals surface area contributed by atoms with Crippen LogP contribution in [0.2, 0.25) is 0 Å². The van der Waals surface area contributed by atoms with Crippen LogP contribution in [0, 0.1) is 0 Å². The van der Waals surface area contributed by atoms with E-state index in [1.54, 1.807) is 0 Å². The predicted molar refractivity (Wildman–Crippen MR) is 251 cm³/mol. The maximum Gasteiger partial charge on any atom is 0.164 e. The van der Waals surface area contributed by atoms with Gasteiger partial charge in [0.25, 0.3) is 0 Å². The molecule has 0 radical (unpaired) electrons. The number of hydrogen-bond acceptors (Lipinski definition) is 4. The van der Waals surface area contributed by atoms with Crippen molar-refractivity contribution in [2.75, 3.05) is 0 Å². The minimum Gasteiger partial charge on any atom is -0.456 e. The zero-order valence-electron chi connectivity index (χ0n) is 33.5. The predicted octanol–water partition coefficient (Wildman–Crippen LogP) is 14.4. The highest BCUT2D eigenvalue weighted by Gasteiger charge is 2.52. The van der Waals surface area contributed by atoms with Crippen LogP contribution in [0.25, 0.3) is 101 Å². The molecule has 0 saturated heterocycles. The largest absolute Gasteiger partial charge is 0.456 e. The van der Waals surface area contributed by atoms with Crippen molar-refractivity contribution in [3.05, 3.63) is 235 Å². The number of rotatable bonds is 5. The van der Waals surface area contributed by atoms with Gasteiger partial charge in [0.15, 0.2) is 17.5 Å². The van der Waals surface area contributed by atoms with E-state index in [2.05, 4.69) is 176 Å². The number of fused-ring (bicyclic) bond motifs is 13. The molecule has 2 aliphatic rings. The van der Waals surface area contributed by atoms with Crippen molar-refractivity contribution in [2.24, 2.45) is 0 Å². The van der Waals surface area contributed by atoms with E-state index in [4.69, 9.17) is 19.4 Å². The molecule has 4 nitrogen and oxygen atoms in total. The summed E-state index contributed by atoms with van der Waals surface area (Å²) in [7, 11) is 0. The fraction of sp³-hybridized carbons (Fsp3) is 0.0172. The van der Waals surface area contributed by atoms with Crippen molar-refractivity contribution >= 4 is 21.9 Å². The van der Waals surface area contributed by atoms with Crippen LogP contribution in [0.3, 0.4) is 0 Å². The number of furan rings is 1. The topological polar surface area (TPSA) is 51.8 Å². The first-order valence-electron chi connectivity index (χ1n) is 21.1. The lowest BCUT2D eigenvalue weighted by atomic mass is 9.68. The first-order chi connectivity index (χ1) is 30.8. The normalized spacial score (nSPS) is 13.0. The van der Waals surface area contributed by atoms with Gasteiger partial charge in [-0.25, -0.2) is 15.0 Å². The van der Waals surface area contributed by atoms with E-state index < -0.39 is 5.41 Å². The highest BCUT2D eigenvalue weighted by molar-refractivity contribution is 6.13. The Kier molecular flexibility index (Phi) is 7.49. The molecule has 0 amide bonds. The molecule has 0 unspecified atom stereocenters. The van der Waals surface area contributed by atoms with Gasteiger partial charge in [-0.05, 0) is 78.9 Å². The molecule has 0 atom stereocenters. The van der Waals surface area contributed by atoms with Gasteiger partial charge in [0.1, 0.15) is 11.2 Å². The molecule has 0 saturated carbocycles. The summed E-state index contributed by atoms with van der Waals surface area (Å²) in [5.74, 6) is 1.84. The van der Waals surface area contributed by atoms with Gasteiger partial charge in [-0.1, -0.05) is 200 Å². The van der Waals surface area contributed by atoms with Crippen LogP contribution in [0.15, 0.2) is 217 Å². The van der Waals surface area contributed by atoms with Crippen LogP contribution >= 0.6 is 0 Å². The number of hydrogen-bond donors (Lipinski definition) is 0. The number of aromatic nitrogens is 3. The zero-order valence-corrected chi connectivity index (χ0v) is 33.5. The van der Waals surface area contributed by atoms with Crippen molar-refractivity contribution in [2.45, 2.75) is 5.41 Å². The second-order valence-electron chi connectivity index (χ2n) is 16.2. The third-order valence-electron chi connectivity index (χ3n) is 13.0. The van der Waals surface area contributed by atoms with E-state index in [1.165, 1.54) is 50.1 Å². The van der Waals surface area contributed by atoms with Gasteiger partial charge in [0.05, 0.1) is 5.41 Å². The van der Waals surface area contributed by atoms with Crippen LogP contribution in [0.4, 0.5) is 0 Å². The van der Waals surface area contributed by atoms with Crippen LogP contribution in [0.1, 0.15) is 22.3 Å². The third kappa shape index (κ3) is 4.92. The zero-order chi connectivity index (χ0) is 40.8. The molecule has 13 rings (SSSR count). The summed E-state index contributed by atoms with van der Waals surface area (Å²) < 4.78 is 6.31. The molecule has 9 aromatic carbocycles. The number of nitrogens with zero attached hydrogens (tertiary/aromatic N) is 3. The van der Waals surface area contributed by atoms with E-state index in [0.29, 0.717) is 17.5 Å². The van der Waals surface area contributed by atoms with Gasteiger partial charge in [-0.3, -0.25) is 0 Å². The smallest absolute Gasteiger partial charge is 0.164 e. The maximum absolute atomic E-state index is 6.31. The van der Waals surface area contributed by atoms with Gasteiger partial charge < -0.3 is 4.42 Å². The van der Waals surface area contributed by atoms with Gasteiger partial charge >= 0.3 is 0 Å². The summed E-state index contributed by atoms with van der Waals surface area (Å²) in [6.07, 6.45) is 0. The average molecular weight is 790 g/mol. The lowest BCUT2D eigenvalue weighted by Crippen LogP contribution is -2.26. The van der Waals surface area contributed by atoms with Gasteiger partial charge in [-0.15, -0.1) is 0 Å². The molecule has 1 spiro atoms. The summed E-state index contributed by atoms with van der Waals surface area (Å²) in [6.45, 7) is 0. The van der Waals surface area contributed by atoms with Crippen LogP contribution in [0.5, 0.6) is 0 Å². The Morgan fingerprint density at radius 1 is 0.290 bits per heavy atom. The summed E-state index contributed by atoms with van der Waals surface area (Å²) in [6, 6.07) is 75.5. The fourth-order valence-corrected chi connectivity index (χ4v) is 10.4. The summed E-state index contributed by atoms with van der Waals surface area (Å²) in [5.41, 5.74) is 19.0. The second-order valence-corrected chi connectivity index (χ2v) is 16.2. The lowest BCUT2D eigenvalue weighted by Gasteiger charge is -2.32. The molecular weight excluding hydrogens is 755 g/mol. The Morgan fingerprint density at radius 2 is 0.742 bits per heavy atom. The summed E-state index contributed by atoms with van der Waals surface area (Å²) >= 11 is 0. The Balaban J connectivity index is 0.976. The minimum absolute atomic E-state index is 0.442. The Labute approximate surface area is 358 Å². The van der Waals surface area contributed by atoms with Crippen molar-refractivity contribution in [3.8, 4) is 78.7 Å². The summed E-state index contributed by atoms with van der Waals surface area (Å²) in [4.78, 5) is 15.6. The molecule has 288 valence electrons. The monoisotopic (exact) mass is 789 g/mol. The van der Waals surface area contributed by atoms with E-state index in [1.807, 2.05) is 36.4 Å². The molecule has 0 fully saturated rings. The number of benzene rings is 9. The molecule has 4 heteroatoms. The molecule has 11 aromatic rings. The average Bonchev–Trinajstić information content (AvgIpc) is 3.99. The summed E-state index contributed by atoms with van der Waals surface area (Å²) in [5, 5.41) is 2.15. The first kappa shape index (κ1) is 34.6. The molecule has 0 bridgehead atoms. The molecule has 2 heterocycles. The lowest BCUT2D eigenvalue weighted by molar-refractivity contribution is 0.669. The quantitative estimate of drug-likeness (QED) is 0.174. The van der Waals surface area contributed by atoms with E-state index in [0.717, 1.165) is 55.3 Å². The Hall–Kier alpha value is -8.21. The van der Waals surface area contributed by atoms with Crippen LogP contribution < -0.4 is 0 Å². The molecule has 0 N–H and O–H groups in total. The SMILES string of the molecule is c1ccc(-c2nc(-c3ccc(-c4cccc5c4C4(c6ccccc6-c6ccccc64)c4ccccc4-5)cc3)nc(-c3ccccc3-c3cccc4oc5ccccc5c34)n2)cc1. The molecule has 62 heavy (non-hydrogen) atoms. The Morgan fingerprint density at radius 3 is 1.44 bits per heavy atom. The molecular formula is C58H35N3O. The van der Waals surface area contributed by atoms with Gasteiger partial charge in [0, 0.05) is 27.5 Å². The van der Waals surface area contributed by atoms with Crippen LogP contribution in [-0.2, 0) is 5.41 Å². The van der Waals surface area contributed by atoms with Gasteiger partial charge in [-0.2, -0.15) is 0 Å². The molecule has 2 aromatic heterocycles. The van der Waals surface area contributed by atoms with E-state index in [9.17, 15) is 0 Å². The minimum atomic E-state index is -0.442. The van der Waals surface area contributed by atoms with Crippen molar-refractivity contribution in [1.29, 1.82) is 0 Å². The highest BCUT2D eigenvalue weighted by atomic mass is 16.3. The maximum atomic E-state index is 6.31. The van der Waals surface area contributed by atoms with E-state index >= 15 is 0 Å².